The molecule has 0 aliphatic rings. The molecule has 0 saturated heterocycles. The van der Waals surface area contributed by atoms with Crippen molar-refractivity contribution in [2.45, 2.75) is 32.6 Å². The smallest absolute Gasteiger partial charge is 0.267 e. The molecule has 0 heterocycles. The van der Waals surface area contributed by atoms with E-state index < -0.39 is 21.8 Å². The quantitative estimate of drug-likeness (QED) is 0.724. The summed E-state index contributed by atoms with van der Waals surface area (Å²) in [4.78, 5) is 24.6. The van der Waals surface area contributed by atoms with Crippen molar-refractivity contribution in [3.8, 4) is 0 Å². The molecule has 7 nitrogen and oxygen atoms in total. The largest absolute Gasteiger partial charge is 0.269 e. The summed E-state index contributed by atoms with van der Waals surface area (Å²) < 4.78 is 26.5. The first-order chi connectivity index (χ1) is 13.2. The van der Waals surface area contributed by atoms with Crippen molar-refractivity contribution in [2.24, 2.45) is 0 Å². The summed E-state index contributed by atoms with van der Waals surface area (Å²) in [7, 11) is -3.67. The Morgan fingerprint density at radius 1 is 0.857 bits per heavy atom. The van der Waals surface area contributed by atoms with Crippen LogP contribution in [-0.4, -0.2) is 37.6 Å². The summed E-state index contributed by atoms with van der Waals surface area (Å²) >= 11 is 0. The topological polar surface area (TPSA) is 95.6 Å². The van der Waals surface area contributed by atoms with E-state index in [1.54, 1.807) is 26.0 Å². The number of sulfonamides is 1. The Kier molecular flexibility index (Phi) is 6.93. The zero-order chi connectivity index (χ0) is 20.9. The number of carbonyl (C=O) groups is 2. The summed E-state index contributed by atoms with van der Waals surface area (Å²) in [5, 5.41) is 0. The van der Waals surface area contributed by atoms with Gasteiger partial charge in [-0.2, -0.15) is 4.31 Å². The second kappa shape index (κ2) is 8.99. The van der Waals surface area contributed by atoms with Gasteiger partial charge in [-0.3, -0.25) is 20.4 Å². The molecule has 0 unspecified atom stereocenters. The SMILES string of the molecule is CCN(CC)S(=O)(=O)c1cccc(C(=O)NNC(=O)c2ccc(C)c(C)c2)c1. The number of hydrogen-bond acceptors (Lipinski definition) is 4. The number of benzene rings is 2. The maximum absolute atomic E-state index is 12.6. The minimum atomic E-state index is -3.67. The molecule has 2 rings (SSSR count). The highest BCUT2D eigenvalue weighted by Crippen LogP contribution is 2.17. The molecule has 2 aromatic carbocycles. The van der Waals surface area contributed by atoms with Gasteiger partial charge in [-0.1, -0.05) is 26.0 Å². The van der Waals surface area contributed by atoms with Gasteiger partial charge in [0.15, 0.2) is 0 Å². The Morgan fingerprint density at radius 2 is 1.43 bits per heavy atom. The van der Waals surface area contributed by atoms with Gasteiger partial charge >= 0.3 is 0 Å². The third-order valence-corrected chi connectivity index (χ3v) is 6.54. The van der Waals surface area contributed by atoms with E-state index in [9.17, 15) is 18.0 Å². The van der Waals surface area contributed by atoms with Crippen LogP contribution in [0, 0.1) is 13.8 Å². The lowest BCUT2D eigenvalue weighted by atomic mass is 10.1. The number of rotatable bonds is 6. The Morgan fingerprint density at radius 3 is 1.96 bits per heavy atom. The maximum Gasteiger partial charge on any atom is 0.269 e. The van der Waals surface area contributed by atoms with E-state index in [1.165, 1.54) is 28.6 Å². The molecular formula is C20H25N3O4S. The predicted octanol–water partition coefficient (Wildman–Crippen LogP) is 2.41. The van der Waals surface area contributed by atoms with Crippen LogP contribution in [0.4, 0.5) is 0 Å². The van der Waals surface area contributed by atoms with Crippen LogP contribution < -0.4 is 10.9 Å². The first kappa shape index (κ1) is 21.6. The lowest BCUT2D eigenvalue weighted by Crippen LogP contribution is -2.41. The Labute approximate surface area is 165 Å². The van der Waals surface area contributed by atoms with Gasteiger partial charge in [0.05, 0.1) is 4.90 Å². The zero-order valence-corrected chi connectivity index (χ0v) is 17.3. The molecular weight excluding hydrogens is 378 g/mol. The molecule has 2 N–H and O–H groups in total. The molecule has 150 valence electrons. The van der Waals surface area contributed by atoms with E-state index in [-0.39, 0.29) is 10.5 Å². The lowest BCUT2D eigenvalue weighted by molar-refractivity contribution is 0.0846. The van der Waals surface area contributed by atoms with Crippen LogP contribution in [0.1, 0.15) is 45.7 Å². The van der Waals surface area contributed by atoms with Crippen molar-refractivity contribution >= 4 is 21.8 Å². The highest BCUT2D eigenvalue weighted by molar-refractivity contribution is 7.89. The van der Waals surface area contributed by atoms with Crippen LogP contribution in [-0.2, 0) is 10.0 Å². The van der Waals surface area contributed by atoms with Crippen molar-refractivity contribution in [3.63, 3.8) is 0 Å². The van der Waals surface area contributed by atoms with Gasteiger partial charge < -0.3 is 0 Å². The van der Waals surface area contributed by atoms with Crippen molar-refractivity contribution in [3.05, 3.63) is 64.7 Å². The first-order valence-electron chi connectivity index (χ1n) is 8.98. The number of hydrogen-bond donors (Lipinski definition) is 2. The molecule has 28 heavy (non-hydrogen) atoms. The van der Waals surface area contributed by atoms with Crippen LogP contribution in [0.25, 0.3) is 0 Å². The Bertz CT molecular complexity index is 983. The fourth-order valence-electron chi connectivity index (χ4n) is 2.65. The molecule has 0 aliphatic heterocycles. The minimum Gasteiger partial charge on any atom is -0.267 e. The van der Waals surface area contributed by atoms with Crippen LogP contribution >= 0.6 is 0 Å². The number of carbonyl (C=O) groups excluding carboxylic acids is 2. The van der Waals surface area contributed by atoms with Crippen molar-refractivity contribution in [2.75, 3.05) is 13.1 Å². The fraction of sp³-hybridized carbons (Fsp3) is 0.300. The molecule has 0 aliphatic carbocycles. The van der Waals surface area contributed by atoms with Crippen molar-refractivity contribution < 1.29 is 18.0 Å². The van der Waals surface area contributed by atoms with Crippen LogP contribution in [0.5, 0.6) is 0 Å². The highest BCUT2D eigenvalue weighted by Gasteiger charge is 2.22. The molecule has 0 aromatic heterocycles. The average molecular weight is 404 g/mol. The van der Waals surface area contributed by atoms with Crippen LogP contribution in [0.15, 0.2) is 47.4 Å². The van der Waals surface area contributed by atoms with Gasteiger partial charge in [0, 0.05) is 24.2 Å². The summed E-state index contributed by atoms with van der Waals surface area (Å²) in [5.41, 5.74) is 7.25. The van der Waals surface area contributed by atoms with Gasteiger partial charge in [-0.15, -0.1) is 0 Å². The number of hydrazine groups is 1. The number of nitrogens with one attached hydrogen (secondary N) is 2. The highest BCUT2D eigenvalue weighted by atomic mass is 32.2. The van der Waals surface area contributed by atoms with Crippen LogP contribution in [0.2, 0.25) is 0 Å². The van der Waals surface area contributed by atoms with Crippen molar-refractivity contribution in [1.29, 1.82) is 0 Å². The monoisotopic (exact) mass is 403 g/mol. The molecule has 8 heteroatoms. The second-order valence-corrected chi connectivity index (χ2v) is 8.26. The molecule has 0 saturated carbocycles. The normalized spacial score (nSPS) is 11.3. The molecule has 0 spiro atoms. The average Bonchev–Trinajstić information content (AvgIpc) is 2.68. The molecule has 0 radical (unpaired) electrons. The summed E-state index contributed by atoms with van der Waals surface area (Å²) in [6, 6.07) is 10.9. The molecule has 0 bridgehead atoms. The molecule has 2 amide bonds. The summed E-state index contributed by atoms with van der Waals surface area (Å²) in [5.74, 6) is -1.06. The maximum atomic E-state index is 12.6. The van der Waals surface area contributed by atoms with Gasteiger partial charge in [0.25, 0.3) is 11.8 Å². The van der Waals surface area contributed by atoms with E-state index in [0.717, 1.165) is 11.1 Å². The van der Waals surface area contributed by atoms with E-state index in [4.69, 9.17) is 0 Å². The number of amides is 2. The van der Waals surface area contributed by atoms with Gasteiger partial charge in [-0.05, 0) is 55.3 Å². The second-order valence-electron chi connectivity index (χ2n) is 6.32. The third-order valence-electron chi connectivity index (χ3n) is 4.50. The first-order valence-corrected chi connectivity index (χ1v) is 10.4. The number of aryl methyl sites for hydroxylation is 2. The summed E-state index contributed by atoms with van der Waals surface area (Å²) in [6.07, 6.45) is 0. The Balaban J connectivity index is 2.13. The van der Waals surface area contributed by atoms with E-state index in [2.05, 4.69) is 10.9 Å². The molecule has 0 atom stereocenters. The van der Waals surface area contributed by atoms with E-state index >= 15 is 0 Å². The standard InChI is InChI=1S/C20H25N3O4S/c1-5-23(6-2)28(26,27)18-9-7-8-16(13-18)19(24)21-22-20(25)17-11-10-14(3)15(4)12-17/h7-13H,5-6H2,1-4H3,(H,21,24)(H,22,25). The molecule has 0 fully saturated rings. The van der Waals surface area contributed by atoms with Gasteiger partial charge in [-0.25, -0.2) is 8.42 Å². The van der Waals surface area contributed by atoms with Crippen molar-refractivity contribution in [1.82, 2.24) is 15.2 Å². The Hall–Kier alpha value is -2.71. The lowest BCUT2D eigenvalue weighted by Gasteiger charge is -2.18. The summed E-state index contributed by atoms with van der Waals surface area (Å²) in [6.45, 7) is 8.01. The third kappa shape index (κ3) is 4.76. The van der Waals surface area contributed by atoms with Crippen LogP contribution in [0.3, 0.4) is 0 Å². The van der Waals surface area contributed by atoms with Gasteiger partial charge in [0.2, 0.25) is 10.0 Å². The number of nitrogens with zero attached hydrogens (tertiary/aromatic N) is 1. The van der Waals surface area contributed by atoms with Gasteiger partial charge in [0.1, 0.15) is 0 Å². The predicted molar refractivity (Wildman–Crippen MR) is 107 cm³/mol. The minimum absolute atomic E-state index is 0.0318. The zero-order valence-electron chi connectivity index (χ0n) is 16.4. The molecule has 2 aromatic rings. The van der Waals surface area contributed by atoms with E-state index in [0.29, 0.717) is 18.7 Å². The fourth-order valence-corrected chi connectivity index (χ4v) is 4.16. The van der Waals surface area contributed by atoms with E-state index in [1.807, 2.05) is 19.9 Å².